The molecule has 0 N–H and O–H groups in total. The van der Waals surface area contributed by atoms with E-state index in [1.54, 1.807) is 0 Å². The predicted molar refractivity (Wildman–Crippen MR) is 89.3 cm³/mol. The molecule has 0 aromatic rings. The maximum atomic E-state index is 11.0. The number of carbonyl (C=O) groups is 1. The van der Waals surface area contributed by atoms with Crippen molar-refractivity contribution in [3.8, 4) is 0 Å². The van der Waals surface area contributed by atoms with Gasteiger partial charge in [0.1, 0.15) is 0 Å². The summed E-state index contributed by atoms with van der Waals surface area (Å²) in [7, 11) is 1.47. The number of unbranched alkanes of at least 4 members (excludes halogenated alkanes) is 8. The maximum Gasteiger partial charge on any atom is 0.305 e. The van der Waals surface area contributed by atoms with Gasteiger partial charge in [0, 0.05) is 6.42 Å². The molecule has 0 amide bonds. The van der Waals surface area contributed by atoms with Gasteiger partial charge < -0.3 is 4.74 Å². The van der Waals surface area contributed by atoms with Crippen LogP contribution in [0.15, 0.2) is 0 Å². The molecule has 0 aliphatic heterocycles. The Labute approximate surface area is 132 Å². The van der Waals surface area contributed by atoms with E-state index < -0.39 is 0 Å². The second kappa shape index (κ2) is 12.1. The Morgan fingerprint density at radius 1 is 0.857 bits per heavy atom. The molecule has 0 heterocycles. The highest BCUT2D eigenvalue weighted by Crippen LogP contribution is 2.45. The fraction of sp³-hybridized carbons (Fsp3) is 0.947. The van der Waals surface area contributed by atoms with Crippen LogP contribution in [0, 0.1) is 11.8 Å². The van der Waals surface area contributed by atoms with E-state index >= 15 is 0 Å². The van der Waals surface area contributed by atoms with Crippen LogP contribution in [0.25, 0.3) is 0 Å². The van der Waals surface area contributed by atoms with E-state index in [-0.39, 0.29) is 5.97 Å². The fourth-order valence-electron chi connectivity index (χ4n) is 3.34. The fourth-order valence-corrected chi connectivity index (χ4v) is 3.34. The highest BCUT2D eigenvalue weighted by Gasteiger charge is 2.34. The zero-order valence-corrected chi connectivity index (χ0v) is 14.4. The van der Waals surface area contributed by atoms with Crippen molar-refractivity contribution >= 4 is 5.97 Å². The van der Waals surface area contributed by atoms with E-state index in [9.17, 15) is 4.79 Å². The summed E-state index contributed by atoms with van der Waals surface area (Å²) in [5.74, 6) is 2.05. The van der Waals surface area contributed by atoms with Crippen molar-refractivity contribution in [3.05, 3.63) is 0 Å². The first-order valence-electron chi connectivity index (χ1n) is 9.34. The standard InChI is InChI=1S/C19H36O2/c1-3-4-5-6-7-10-13-17-16-18(17)14-11-8-9-12-15-19(20)21-2/h17-18H,3-16H2,1-2H3. The zero-order valence-electron chi connectivity index (χ0n) is 14.4. The van der Waals surface area contributed by atoms with Gasteiger partial charge in [-0.05, 0) is 24.7 Å². The third-order valence-electron chi connectivity index (χ3n) is 4.93. The number of hydrogen-bond acceptors (Lipinski definition) is 2. The molecule has 21 heavy (non-hydrogen) atoms. The first-order chi connectivity index (χ1) is 10.3. The van der Waals surface area contributed by atoms with Crippen LogP contribution >= 0.6 is 0 Å². The summed E-state index contributed by atoms with van der Waals surface area (Å²) in [5.41, 5.74) is 0. The number of rotatable bonds is 14. The average molecular weight is 296 g/mol. The predicted octanol–water partition coefficient (Wildman–Crippen LogP) is 5.89. The van der Waals surface area contributed by atoms with Crippen LogP contribution in [-0.2, 0) is 9.53 Å². The number of carbonyl (C=O) groups excluding carboxylic acids is 1. The van der Waals surface area contributed by atoms with Crippen molar-refractivity contribution in [1.29, 1.82) is 0 Å². The Morgan fingerprint density at radius 2 is 1.38 bits per heavy atom. The molecule has 1 aliphatic carbocycles. The summed E-state index contributed by atoms with van der Waals surface area (Å²) < 4.78 is 4.65. The summed E-state index contributed by atoms with van der Waals surface area (Å²) in [4.78, 5) is 11.0. The van der Waals surface area contributed by atoms with Gasteiger partial charge in [0.25, 0.3) is 0 Å². The molecule has 0 saturated heterocycles. The van der Waals surface area contributed by atoms with Gasteiger partial charge in [-0.15, -0.1) is 0 Å². The van der Waals surface area contributed by atoms with E-state index in [4.69, 9.17) is 0 Å². The highest BCUT2D eigenvalue weighted by molar-refractivity contribution is 5.68. The lowest BCUT2D eigenvalue weighted by molar-refractivity contribution is -0.140. The summed E-state index contributed by atoms with van der Waals surface area (Å²) in [6.07, 6.45) is 18.4. The van der Waals surface area contributed by atoms with Crippen LogP contribution in [-0.4, -0.2) is 13.1 Å². The topological polar surface area (TPSA) is 26.3 Å². The van der Waals surface area contributed by atoms with Crippen LogP contribution in [0.5, 0.6) is 0 Å². The first kappa shape index (κ1) is 18.5. The minimum atomic E-state index is -0.0591. The SMILES string of the molecule is CCCCCCCCC1CC1CCCCCCC(=O)OC. The largest absolute Gasteiger partial charge is 0.469 e. The van der Waals surface area contributed by atoms with E-state index in [0.717, 1.165) is 18.3 Å². The Morgan fingerprint density at radius 3 is 1.95 bits per heavy atom. The Bertz CT molecular complexity index is 262. The van der Waals surface area contributed by atoms with Gasteiger partial charge in [0.15, 0.2) is 0 Å². The van der Waals surface area contributed by atoms with Gasteiger partial charge in [-0.25, -0.2) is 0 Å². The Hall–Kier alpha value is -0.530. The minimum absolute atomic E-state index is 0.0591. The number of esters is 1. The van der Waals surface area contributed by atoms with Crippen molar-refractivity contribution in [2.75, 3.05) is 7.11 Å². The molecule has 124 valence electrons. The van der Waals surface area contributed by atoms with Crippen molar-refractivity contribution in [1.82, 2.24) is 0 Å². The van der Waals surface area contributed by atoms with Crippen molar-refractivity contribution in [2.45, 2.75) is 96.8 Å². The highest BCUT2D eigenvalue weighted by atomic mass is 16.5. The first-order valence-corrected chi connectivity index (χ1v) is 9.34. The third kappa shape index (κ3) is 9.92. The molecule has 1 fully saturated rings. The molecule has 0 spiro atoms. The molecule has 0 aromatic carbocycles. The number of hydrogen-bond donors (Lipinski definition) is 0. The monoisotopic (exact) mass is 296 g/mol. The summed E-state index contributed by atoms with van der Waals surface area (Å²) in [5, 5.41) is 0. The van der Waals surface area contributed by atoms with E-state index in [1.165, 1.54) is 84.2 Å². The zero-order chi connectivity index (χ0) is 15.3. The molecular formula is C19H36O2. The van der Waals surface area contributed by atoms with Crippen LogP contribution < -0.4 is 0 Å². The molecule has 1 rings (SSSR count). The van der Waals surface area contributed by atoms with Gasteiger partial charge in [0.2, 0.25) is 0 Å². The van der Waals surface area contributed by atoms with E-state index in [0.29, 0.717) is 6.42 Å². The van der Waals surface area contributed by atoms with Crippen LogP contribution in [0.3, 0.4) is 0 Å². The van der Waals surface area contributed by atoms with Gasteiger partial charge in [-0.3, -0.25) is 4.79 Å². The van der Waals surface area contributed by atoms with Crippen LogP contribution in [0.1, 0.15) is 96.8 Å². The number of methoxy groups -OCH3 is 1. The Kier molecular flexibility index (Phi) is 10.6. The lowest BCUT2D eigenvalue weighted by Crippen LogP contribution is -1.99. The molecule has 2 atom stereocenters. The average Bonchev–Trinajstić information content (AvgIpc) is 3.24. The second-order valence-electron chi connectivity index (χ2n) is 6.84. The minimum Gasteiger partial charge on any atom is -0.469 e. The molecular weight excluding hydrogens is 260 g/mol. The smallest absolute Gasteiger partial charge is 0.305 e. The van der Waals surface area contributed by atoms with E-state index in [1.807, 2.05) is 0 Å². The molecule has 0 bridgehead atoms. The summed E-state index contributed by atoms with van der Waals surface area (Å²) in [6.45, 7) is 2.28. The second-order valence-corrected chi connectivity index (χ2v) is 6.84. The van der Waals surface area contributed by atoms with Gasteiger partial charge in [-0.2, -0.15) is 0 Å². The van der Waals surface area contributed by atoms with E-state index in [2.05, 4.69) is 11.7 Å². The summed E-state index contributed by atoms with van der Waals surface area (Å²) >= 11 is 0. The summed E-state index contributed by atoms with van der Waals surface area (Å²) in [6, 6.07) is 0. The molecule has 0 aromatic heterocycles. The van der Waals surface area contributed by atoms with Crippen LogP contribution in [0.2, 0.25) is 0 Å². The van der Waals surface area contributed by atoms with Gasteiger partial charge in [0.05, 0.1) is 7.11 Å². The Balaban J connectivity index is 1.79. The molecule has 2 heteroatoms. The van der Waals surface area contributed by atoms with Gasteiger partial charge >= 0.3 is 5.97 Å². The lowest BCUT2D eigenvalue weighted by Gasteiger charge is -2.02. The number of ether oxygens (including phenoxy) is 1. The molecule has 0 radical (unpaired) electrons. The third-order valence-corrected chi connectivity index (χ3v) is 4.93. The normalized spacial score (nSPS) is 20.5. The van der Waals surface area contributed by atoms with Crippen molar-refractivity contribution < 1.29 is 9.53 Å². The quantitative estimate of drug-likeness (QED) is 0.295. The molecule has 2 nitrogen and oxygen atoms in total. The van der Waals surface area contributed by atoms with Crippen molar-refractivity contribution in [2.24, 2.45) is 11.8 Å². The molecule has 1 saturated carbocycles. The molecule has 1 aliphatic rings. The van der Waals surface area contributed by atoms with Crippen LogP contribution in [0.4, 0.5) is 0 Å². The maximum absolute atomic E-state index is 11.0. The molecule has 2 unspecified atom stereocenters. The lowest BCUT2D eigenvalue weighted by atomic mass is 10.0. The van der Waals surface area contributed by atoms with Gasteiger partial charge in [-0.1, -0.05) is 77.6 Å². The van der Waals surface area contributed by atoms with Crippen molar-refractivity contribution in [3.63, 3.8) is 0 Å².